The summed E-state index contributed by atoms with van der Waals surface area (Å²) >= 11 is 0. The van der Waals surface area contributed by atoms with E-state index in [1.165, 1.54) is 5.56 Å². The second-order valence-electron chi connectivity index (χ2n) is 5.15. The van der Waals surface area contributed by atoms with Gasteiger partial charge in [-0.2, -0.15) is 0 Å². The van der Waals surface area contributed by atoms with Gasteiger partial charge in [-0.05, 0) is 31.0 Å². The Morgan fingerprint density at radius 3 is 2.80 bits per heavy atom. The largest absolute Gasteiger partial charge is 0.497 e. The SMILES string of the molecule is COc1ccc(CCc2nnc3n2CCNC3C)cc1. The van der Waals surface area contributed by atoms with Crippen molar-refractivity contribution in [2.75, 3.05) is 13.7 Å². The molecule has 106 valence electrons. The van der Waals surface area contributed by atoms with Gasteiger partial charge in [-0.3, -0.25) is 0 Å². The highest BCUT2D eigenvalue weighted by Gasteiger charge is 2.20. The third kappa shape index (κ3) is 2.54. The summed E-state index contributed by atoms with van der Waals surface area (Å²) in [6, 6.07) is 8.51. The number of nitrogens with one attached hydrogen (secondary N) is 1. The summed E-state index contributed by atoms with van der Waals surface area (Å²) in [6.45, 7) is 4.08. The Kier molecular flexibility index (Phi) is 3.69. The van der Waals surface area contributed by atoms with E-state index in [0.717, 1.165) is 43.3 Å². The summed E-state index contributed by atoms with van der Waals surface area (Å²) in [7, 11) is 1.69. The highest BCUT2D eigenvalue weighted by Crippen LogP contribution is 2.17. The van der Waals surface area contributed by atoms with Gasteiger partial charge in [-0.25, -0.2) is 0 Å². The van der Waals surface area contributed by atoms with Crippen molar-refractivity contribution in [3.8, 4) is 5.75 Å². The fraction of sp³-hybridized carbons (Fsp3) is 0.467. The van der Waals surface area contributed by atoms with Crippen LogP contribution in [0.3, 0.4) is 0 Å². The Morgan fingerprint density at radius 1 is 1.25 bits per heavy atom. The molecular weight excluding hydrogens is 252 g/mol. The predicted octanol–water partition coefficient (Wildman–Crippen LogP) is 1.74. The minimum Gasteiger partial charge on any atom is -0.497 e. The highest BCUT2D eigenvalue weighted by atomic mass is 16.5. The lowest BCUT2D eigenvalue weighted by Gasteiger charge is -2.21. The molecule has 1 atom stereocenters. The number of ether oxygens (including phenoxy) is 1. The van der Waals surface area contributed by atoms with Crippen molar-refractivity contribution < 1.29 is 4.74 Å². The minimum atomic E-state index is 0.297. The number of fused-ring (bicyclic) bond motifs is 1. The maximum Gasteiger partial charge on any atom is 0.149 e. The molecule has 1 aromatic heterocycles. The molecular formula is C15H20N4O. The van der Waals surface area contributed by atoms with Crippen molar-refractivity contribution in [3.63, 3.8) is 0 Å². The molecule has 3 rings (SSSR count). The summed E-state index contributed by atoms with van der Waals surface area (Å²) in [6.07, 6.45) is 1.90. The molecule has 1 N–H and O–H groups in total. The molecule has 5 nitrogen and oxygen atoms in total. The van der Waals surface area contributed by atoms with Crippen molar-refractivity contribution in [2.24, 2.45) is 0 Å². The van der Waals surface area contributed by atoms with Gasteiger partial charge in [0.2, 0.25) is 0 Å². The number of aromatic nitrogens is 3. The van der Waals surface area contributed by atoms with E-state index in [-0.39, 0.29) is 0 Å². The third-order valence-electron chi connectivity index (χ3n) is 3.83. The van der Waals surface area contributed by atoms with Gasteiger partial charge in [-0.15, -0.1) is 10.2 Å². The molecule has 0 aliphatic carbocycles. The monoisotopic (exact) mass is 272 g/mol. The Balaban J connectivity index is 1.69. The van der Waals surface area contributed by atoms with Crippen LogP contribution in [0, 0.1) is 0 Å². The first-order valence-electron chi connectivity index (χ1n) is 7.06. The molecule has 0 spiro atoms. The van der Waals surface area contributed by atoms with Gasteiger partial charge < -0.3 is 14.6 Å². The fourth-order valence-corrected chi connectivity index (χ4v) is 2.63. The van der Waals surface area contributed by atoms with E-state index in [1.54, 1.807) is 7.11 Å². The summed E-state index contributed by atoms with van der Waals surface area (Å²) in [5.74, 6) is 3.04. The number of aryl methyl sites for hydroxylation is 2. The van der Waals surface area contributed by atoms with Gasteiger partial charge >= 0.3 is 0 Å². The second-order valence-corrected chi connectivity index (χ2v) is 5.15. The van der Waals surface area contributed by atoms with Crippen LogP contribution in [-0.2, 0) is 19.4 Å². The summed E-state index contributed by atoms with van der Waals surface area (Å²) in [5.41, 5.74) is 1.30. The third-order valence-corrected chi connectivity index (χ3v) is 3.83. The van der Waals surface area contributed by atoms with Crippen LogP contribution in [-0.4, -0.2) is 28.4 Å². The lowest BCUT2D eigenvalue weighted by molar-refractivity contribution is 0.414. The summed E-state index contributed by atoms with van der Waals surface area (Å²) in [5, 5.41) is 12.1. The van der Waals surface area contributed by atoms with E-state index in [0.29, 0.717) is 6.04 Å². The minimum absolute atomic E-state index is 0.297. The number of hydrogen-bond donors (Lipinski definition) is 1. The van der Waals surface area contributed by atoms with Gasteiger partial charge in [0, 0.05) is 19.5 Å². The van der Waals surface area contributed by atoms with Gasteiger partial charge in [-0.1, -0.05) is 12.1 Å². The Labute approximate surface area is 119 Å². The first-order valence-corrected chi connectivity index (χ1v) is 7.06. The molecule has 0 fully saturated rings. The summed E-state index contributed by atoms with van der Waals surface area (Å²) in [4.78, 5) is 0. The van der Waals surface area contributed by atoms with Crippen LogP contribution in [0.5, 0.6) is 5.75 Å². The van der Waals surface area contributed by atoms with Crippen LogP contribution in [0.1, 0.15) is 30.2 Å². The maximum absolute atomic E-state index is 5.17. The number of rotatable bonds is 4. The molecule has 0 bridgehead atoms. The molecule has 0 amide bonds. The van der Waals surface area contributed by atoms with Crippen LogP contribution < -0.4 is 10.1 Å². The number of hydrogen-bond acceptors (Lipinski definition) is 4. The van der Waals surface area contributed by atoms with Gasteiger partial charge in [0.05, 0.1) is 13.2 Å². The lowest BCUT2D eigenvalue weighted by Crippen LogP contribution is -2.32. The smallest absolute Gasteiger partial charge is 0.149 e. The second kappa shape index (κ2) is 5.63. The molecule has 2 aromatic rings. The highest BCUT2D eigenvalue weighted by molar-refractivity contribution is 5.27. The first-order chi connectivity index (χ1) is 9.78. The Morgan fingerprint density at radius 2 is 2.05 bits per heavy atom. The zero-order chi connectivity index (χ0) is 13.9. The molecule has 0 saturated carbocycles. The quantitative estimate of drug-likeness (QED) is 0.921. The van der Waals surface area contributed by atoms with Gasteiger partial charge in [0.15, 0.2) is 0 Å². The maximum atomic E-state index is 5.17. The summed E-state index contributed by atoms with van der Waals surface area (Å²) < 4.78 is 7.43. The van der Waals surface area contributed by atoms with Crippen molar-refractivity contribution in [1.29, 1.82) is 0 Å². The van der Waals surface area contributed by atoms with Crippen LogP contribution in [0.4, 0.5) is 0 Å². The van der Waals surface area contributed by atoms with E-state index in [9.17, 15) is 0 Å². The molecule has 1 aliphatic rings. The molecule has 5 heteroatoms. The number of methoxy groups -OCH3 is 1. The fourth-order valence-electron chi connectivity index (χ4n) is 2.63. The van der Waals surface area contributed by atoms with E-state index in [1.807, 2.05) is 12.1 Å². The Hall–Kier alpha value is -1.88. The molecule has 20 heavy (non-hydrogen) atoms. The van der Waals surface area contributed by atoms with E-state index >= 15 is 0 Å². The molecule has 0 saturated heterocycles. The van der Waals surface area contributed by atoms with Crippen molar-refractivity contribution in [2.45, 2.75) is 32.4 Å². The zero-order valence-electron chi connectivity index (χ0n) is 12.0. The van der Waals surface area contributed by atoms with Crippen molar-refractivity contribution >= 4 is 0 Å². The van der Waals surface area contributed by atoms with Gasteiger partial charge in [0.1, 0.15) is 17.4 Å². The average Bonchev–Trinajstić information content (AvgIpc) is 2.90. The normalized spacial score (nSPS) is 17.8. The van der Waals surface area contributed by atoms with E-state index < -0.39 is 0 Å². The Bertz CT molecular complexity index is 576. The molecule has 2 heterocycles. The first kappa shape index (κ1) is 13.1. The molecule has 0 radical (unpaired) electrons. The van der Waals surface area contributed by atoms with Crippen LogP contribution in [0.15, 0.2) is 24.3 Å². The lowest BCUT2D eigenvalue weighted by atomic mass is 10.1. The van der Waals surface area contributed by atoms with Crippen molar-refractivity contribution in [3.05, 3.63) is 41.5 Å². The van der Waals surface area contributed by atoms with Crippen molar-refractivity contribution in [1.82, 2.24) is 20.1 Å². The van der Waals surface area contributed by atoms with Crippen LogP contribution in [0.2, 0.25) is 0 Å². The topological polar surface area (TPSA) is 52.0 Å². The number of benzene rings is 1. The zero-order valence-corrected chi connectivity index (χ0v) is 12.0. The van der Waals surface area contributed by atoms with E-state index in [4.69, 9.17) is 4.74 Å². The molecule has 1 aromatic carbocycles. The van der Waals surface area contributed by atoms with Gasteiger partial charge in [0.25, 0.3) is 0 Å². The van der Waals surface area contributed by atoms with E-state index in [2.05, 4.69) is 39.1 Å². The average molecular weight is 272 g/mol. The molecule has 1 aliphatic heterocycles. The standard InChI is InChI=1S/C15H20N4O/c1-11-15-18-17-14(19(15)10-9-16-11)8-5-12-3-6-13(20-2)7-4-12/h3-4,6-7,11,16H,5,8-10H2,1-2H3. The predicted molar refractivity (Wildman–Crippen MR) is 76.8 cm³/mol. The van der Waals surface area contributed by atoms with Crippen LogP contribution in [0.25, 0.3) is 0 Å². The number of nitrogens with zero attached hydrogens (tertiary/aromatic N) is 3. The molecule has 1 unspecified atom stereocenters. The van der Waals surface area contributed by atoms with Crippen LogP contribution >= 0.6 is 0 Å².